The molecule has 0 spiro atoms. The molecular formula is C38H34BrClFN3O7. The quantitative estimate of drug-likeness (QED) is 0.240. The number of fused-ring (bicyclic) bond motifs is 4. The van der Waals surface area contributed by atoms with Crippen molar-refractivity contribution in [2.24, 2.45) is 29.1 Å². The molecule has 3 aliphatic heterocycles. The molecule has 6 unspecified atom stereocenters. The van der Waals surface area contributed by atoms with Gasteiger partial charge in [-0.25, -0.2) is 9.29 Å². The van der Waals surface area contributed by atoms with Crippen LogP contribution in [0.4, 0.5) is 21.5 Å². The summed E-state index contributed by atoms with van der Waals surface area (Å²) < 4.78 is 25.7. The van der Waals surface area contributed by atoms with E-state index in [1.807, 2.05) is 18.2 Å². The summed E-state index contributed by atoms with van der Waals surface area (Å²) >= 11 is 9.62. The van der Waals surface area contributed by atoms with Gasteiger partial charge in [-0.1, -0.05) is 39.2 Å². The third kappa shape index (κ3) is 5.04. The van der Waals surface area contributed by atoms with Gasteiger partial charge in [0.15, 0.2) is 11.5 Å². The molecule has 3 heterocycles. The minimum atomic E-state index is -1.43. The van der Waals surface area contributed by atoms with E-state index in [2.05, 4.69) is 20.8 Å². The van der Waals surface area contributed by atoms with E-state index in [1.165, 1.54) is 24.1 Å². The number of phenols is 1. The standard InChI is InChI=1S/C38H34BrClFN3O7/c1-38-27(35(47)44(37(38)49)22-7-10-29(41)28(40)17-22)18-25-23(32(38)26-15-19(39)16-30(50-2)33(26)45)8-9-24-31(25)36(48)43(34(24)46)21-5-3-20(4-6-21)42-11-13-51-14-12-42/h3-8,10,15-17,24-25,27,31-32,45H,9,11-14,18H2,1-2H3. The van der Waals surface area contributed by atoms with Gasteiger partial charge >= 0.3 is 0 Å². The first-order valence-corrected chi connectivity index (χ1v) is 18.0. The summed E-state index contributed by atoms with van der Waals surface area (Å²) in [6, 6.07) is 14.3. The average Bonchev–Trinajstić information content (AvgIpc) is 3.50. The maximum atomic E-state index is 14.7. The zero-order valence-corrected chi connectivity index (χ0v) is 30.1. The number of nitrogens with zero attached hydrogens (tertiary/aromatic N) is 3. The van der Waals surface area contributed by atoms with E-state index in [0.717, 1.165) is 29.7 Å². The predicted molar refractivity (Wildman–Crippen MR) is 190 cm³/mol. The van der Waals surface area contributed by atoms with Crippen LogP contribution in [0, 0.1) is 34.9 Å². The van der Waals surface area contributed by atoms with Crippen molar-refractivity contribution in [3.05, 3.63) is 87.1 Å². The zero-order chi connectivity index (χ0) is 35.9. The summed E-state index contributed by atoms with van der Waals surface area (Å²) in [5.41, 5.74) is 1.17. The predicted octanol–water partition coefficient (Wildman–Crippen LogP) is 6.23. The minimum Gasteiger partial charge on any atom is -0.504 e. The largest absolute Gasteiger partial charge is 0.504 e. The molecule has 6 atom stereocenters. The topological polar surface area (TPSA) is 117 Å². The highest BCUT2D eigenvalue weighted by Crippen LogP contribution is 2.65. The molecule has 3 saturated heterocycles. The number of anilines is 3. The van der Waals surface area contributed by atoms with E-state index in [-0.39, 0.29) is 46.9 Å². The number of methoxy groups -OCH3 is 1. The van der Waals surface area contributed by atoms with Crippen LogP contribution in [0.3, 0.4) is 0 Å². The number of morpholine rings is 1. The second-order valence-corrected chi connectivity index (χ2v) is 15.3. The number of benzene rings is 3. The Balaban J connectivity index is 1.22. The Morgan fingerprint density at radius 3 is 2.29 bits per heavy atom. The summed E-state index contributed by atoms with van der Waals surface area (Å²) in [5, 5.41) is 11.4. The fraction of sp³-hybridized carbons (Fsp3) is 0.368. The monoisotopic (exact) mass is 777 g/mol. The van der Waals surface area contributed by atoms with Crippen LogP contribution in [0.1, 0.15) is 31.2 Å². The van der Waals surface area contributed by atoms with E-state index in [1.54, 1.807) is 31.2 Å². The molecule has 3 aromatic rings. The normalized spacial score (nSPS) is 28.8. The fourth-order valence-corrected chi connectivity index (χ4v) is 9.72. The summed E-state index contributed by atoms with van der Waals surface area (Å²) in [6.45, 7) is 4.44. The summed E-state index contributed by atoms with van der Waals surface area (Å²) in [5.74, 6) is -6.36. The number of aromatic hydroxyl groups is 1. The molecule has 8 rings (SSSR count). The maximum absolute atomic E-state index is 14.7. The molecule has 264 valence electrons. The second-order valence-electron chi connectivity index (χ2n) is 13.9. The van der Waals surface area contributed by atoms with Crippen LogP contribution in [0.5, 0.6) is 11.5 Å². The molecule has 4 amide bonds. The van der Waals surface area contributed by atoms with Gasteiger partial charge in [0.2, 0.25) is 23.6 Å². The first-order chi connectivity index (χ1) is 24.4. The molecule has 13 heteroatoms. The lowest BCUT2D eigenvalue weighted by Gasteiger charge is -2.49. The molecule has 2 aliphatic carbocycles. The Hall–Kier alpha value is -4.26. The number of allylic oxidation sites excluding steroid dienone is 2. The van der Waals surface area contributed by atoms with Crippen molar-refractivity contribution in [2.75, 3.05) is 48.1 Å². The van der Waals surface area contributed by atoms with Crippen LogP contribution in [0.2, 0.25) is 5.02 Å². The lowest BCUT2D eigenvalue weighted by atomic mass is 9.51. The Morgan fingerprint density at radius 2 is 1.61 bits per heavy atom. The van der Waals surface area contributed by atoms with Gasteiger partial charge in [0, 0.05) is 34.7 Å². The molecule has 1 N–H and O–H groups in total. The van der Waals surface area contributed by atoms with Gasteiger partial charge in [-0.2, -0.15) is 0 Å². The first kappa shape index (κ1) is 33.9. The highest BCUT2D eigenvalue weighted by Gasteiger charge is 2.68. The number of rotatable bonds is 5. The van der Waals surface area contributed by atoms with Crippen LogP contribution in [0.15, 0.2) is 70.7 Å². The molecule has 5 aliphatic rings. The van der Waals surface area contributed by atoms with Crippen LogP contribution >= 0.6 is 27.5 Å². The molecule has 0 bridgehead atoms. The number of carbonyl (C=O) groups is 4. The fourth-order valence-electron chi connectivity index (χ4n) is 9.09. The van der Waals surface area contributed by atoms with Crippen molar-refractivity contribution in [3.63, 3.8) is 0 Å². The van der Waals surface area contributed by atoms with Crippen molar-refractivity contribution in [3.8, 4) is 11.5 Å². The van der Waals surface area contributed by atoms with E-state index in [9.17, 15) is 28.7 Å². The number of carbonyl (C=O) groups excluding carboxylic acids is 4. The van der Waals surface area contributed by atoms with Gasteiger partial charge in [-0.3, -0.25) is 24.1 Å². The second kappa shape index (κ2) is 12.5. The van der Waals surface area contributed by atoms with Crippen LogP contribution < -0.4 is 19.4 Å². The first-order valence-electron chi connectivity index (χ1n) is 16.9. The third-order valence-corrected chi connectivity index (χ3v) is 12.3. The molecule has 0 radical (unpaired) electrons. The summed E-state index contributed by atoms with van der Waals surface area (Å²) in [6.07, 6.45) is 2.27. The molecule has 10 nitrogen and oxygen atoms in total. The van der Waals surface area contributed by atoms with E-state index < -0.39 is 52.6 Å². The van der Waals surface area contributed by atoms with Gasteiger partial charge < -0.3 is 19.5 Å². The van der Waals surface area contributed by atoms with E-state index in [4.69, 9.17) is 21.1 Å². The molecule has 4 fully saturated rings. The van der Waals surface area contributed by atoms with Crippen molar-refractivity contribution in [2.45, 2.75) is 25.7 Å². The van der Waals surface area contributed by atoms with Crippen LogP contribution in [-0.4, -0.2) is 62.1 Å². The third-order valence-electron chi connectivity index (χ3n) is 11.5. The van der Waals surface area contributed by atoms with E-state index in [0.29, 0.717) is 34.5 Å². The van der Waals surface area contributed by atoms with Gasteiger partial charge in [0.1, 0.15) is 5.82 Å². The van der Waals surface area contributed by atoms with Gasteiger partial charge in [0.05, 0.1) is 59.9 Å². The van der Waals surface area contributed by atoms with Gasteiger partial charge in [0.25, 0.3) is 0 Å². The highest BCUT2D eigenvalue weighted by molar-refractivity contribution is 9.10. The summed E-state index contributed by atoms with van der Waals surface area (Å²) in [7, 11) is 1.42. The number of phenolic OH excluding ortho intramolecular Hbond substituents is 1. The lowest BCUT2D eigenvalue weighted by molar-refractivity contribution is -0.131. The average molecular weight is 779 g/mol. The molecule has 0 aromatic heterocycles. The van der Waals surface area contributed by atoms with E-state index >= 15 is 0 Å². The Bertz CT molecular complexity index is 2040. The Morgan fingerprint density at radius 1 is 0.922 bits per heavy atom. The number of halogens is 3. The lowest BCUT2D eigenvalue weighted by Crippen LogP contribution is -2.49. The zero-order valence-electron chi connectivity index (χ0n) is 27.8. The highest BCUT2D eigenvalue weighted by atomic mass is 79.9. The molecule has 51 heavy (non-hydrogen) atoms. The number of imide groups is 2. The summed E-state index contributed by atoms with van der Waals surface area (Å²) in [4.78, 5) is 62.2. The minimum absolute atomic E-state index is 0.116. The Kier molecular flexibility index (Phi) is 8.27. The number of hydrogen-bond acceptors (Lipinski definition) is 8. The van der Waals surface area contributed by atoms with Crippen molar-refractivity contribution in [1.82, 2.24) is 0 Å². The van der Waals surface area contributed by atoms with Gasteiger partial charge in [-0.15, -0.1) is 0 Å². The molecule has 3 aromatic carbocycles. The number of amides is 4. The SMILES string of the molecule is COc1cc(Br)cc(C2C3=CCC4C(=O)N(c5ccc(N6CCOCC6)cc5)C(=O)C4C3CC3C(=O)N(c4ccc(F)c(Cl)c4)C(=O)C32C)c1O. The molecule has 1 saturated carbocycles. The van der Waals surface area contributed by atoms with Crippen molar-refractivity contribution >= 4 is 68.2 Å². The Labute approximate surface area is 306 Å². The molecular weight excluding hydrogens is 745 g/mol. The number of ether oxygens (including phenoxy) is 2. The van der Waals surface area contributed by atoms with Crippen LogP contribution in [-0.2, 0) is 23.9 Å². The smallest absolute Gasteiger partial charge is 0.241 e. The van der Waals surface area contributed by atoms with Crippen LogP contribution in [0.25, 0.3) is 0 Å². The maximum Gasteiger partial charge on any atom is 0.241 e. The van der Waals surface area contributed by atoms with Gasteiger partial charge in [-0.05, 0) is 80.3 Å². The van der Waals surface area contributed by atoms with Crippen molar-refractivity contribution in [1.29, 1.82) is 0 Å². The van der Waals surface area contributed by atoms with Crippen molar-refractivity contribution < 1.29 is 38.1 Å². The number of hydrogen-bond donors (Lipinski definition) is 1.